The summed E-state index contributed by atoms with van der Waals surface area (Å²) in [6, 6.07) is 0. The Kier molecular flexibility index (Phi) is 3.04. The van der Waals surface area contributed by atoms with Gasteiger partial charge in [0.2, 0.25) is 0 Å². The number of hydrogen-bond donors (Lipinski definition) is 0. The second-order valence-corrected chi connectivity index (χ2v) is 6.69. The van der Waals surface area contributed by atoms with E-state index in [4.69, 9.17) is 4.74 Å². The smallest absolute Gasteiger partial charge is 0.313 e. The summed E-state index contributed by atoms with van der Waals surface area (Å²) in [5.74, 6) is 0.398. The van der Waals surface area contributed by atoms with Gasteiger partial charge in [0.1, 0.15) is 17.8 Å². The highest BCUT2D eigenvalue weighted by Gasteiger charge is 2.45. The van der Waals surface area contributed by atoms with E-state index in [1.54, 1.807) is 0 Å². The molecule has 3 nitrogen and oxygen atoms in total. The third-order valence-electron chi connectivity index (χ3n) is 4.31. The minimum Gasteiger partial charge on any atom is -0.458 e. The van der Waals surface area contributed by atoms with E-state index in [1.807, 2.05) is 0 Å². The fourth-order valence-electron chi connectivity index (χ4n) is 3.19. The predicted molar refractivity (Wildman–Crippen MR) is 64.5 cm³/mol. The summed E-state index contributed by atoms with van der Waals surface area (Å²) in [4.78, 5) is 22.9. The highest BCUT2D eigenvalue weighted by Crippen LogP contribution is 2.45. The fourth-order valence-corrected chi connectivity index (χ4v) is 3.19. The van der Waals surface area contributed by atoms with E-state index in [9.17, 15) is 9.59 Å². The van der Waals surface area contributed by atoms with Crippen LogP contribution in [0.3, 0.4) is 0 Å². The minimum atomic E-state index is -0.450. The Balaban J connectivity index is 2.02. The molecule has 0 radical (unpaired) electrons. The molecule has 1 saturated heterocycles. The second kappa shape index (κ2) is 4.11. The van der Waals surface area contributed by atoms with E-state index in [0.29, 0.717) is 17.8 Å². The molecule has 17 heavy (non-hydrogen) atoms. The summed E-state index contributed by atoms with van der Waals surface area (Å²) < 4.78 is 5.49. The number of hydrogen-bond acceptors (Lipinski definition) is 3. The number of esters is 1. The lowest BCUT2D eigenvalue weighted by atomic mass is 9.67. The van der Waals surface area contributed by atoms with Crippen molar-refractivity contribution in [2.45, 2.75) is 64.9 Å². The van der Waals surface area contributed by atoms with Crippen LogP contribution in [0.25, 0.3) is 0 Å². The van der Waals surface area contributed by atoms with Crippen molar-refractivity contribution in [2.24, 2.45) is 11.3 Å². The van der Waals surface area contributed by atoms with Crippen LogP contribution >= 0.6 is 0 Å². The Morgan fingerprint density at radius 3 is 2.24 bits per heavy atom. The molecule has 0 aromatic carbocycles. The normalized spacial score (nSPS) is 34.9. The number of rotatable bonds is 0. The van der Waals surface area contributed by atoms with Crippen LogP contribution in [-0.2, 0) is 14.3 Å². The average Bonchev–Trinajstić information content (AvgIpc) is 2.14. The van der Waals surface area contributed by atoms with Crippen molar-refractivity contribution in [1.29, 1.82) is 0 Å². The maximum absolute atomic E-state index is 11.5. The highest BCUT2D eigenvalue weighted by molar-refractivity contribution is 5.98. The lowest BCUT2D eigenvalue weighted by Crippen LogP contribution is -2.46. The maximum Gasteiger partial charge on any atom is 0.313 e. The lowest BCUT2D eigenvalue weighted by molar-refractivity contribution is -0.176. The molecule has 1 saturated carbocycles. The van der Waals surface area contributed by atoms with Gasteiger partial charge in [-0.25, -0.2) is 0 Å². The molecule has 1 heterocycles. The molecule has 1 aliphatic heterocycles. The Morgan fingerprint density at radius 1 is 1.18 bits per heavy atom. The van der Waals surface area contributed by atoms with Crippen LogP contribution < -0.4 is 0 Å². The third kappa shape index (κ3) is 2.70. The maximum atomic E-state index is 11.5. The first-order valence-corrected chi connectivity index (χ1v) is 6.54. The van der Waals surface area contributed by atoms with Gasteiger partial charge < -0.3 is 4.74 Å². The molecule has 96 valence electrons. The molecule has 2 rings (SSSR count). The van der Waals surface area contributed by atoms with Crippen molar-refractivity contribution in [2.75, 3.05) is 0 Å². The van der Waals surface area contributed by atoms with Gasteiger partial charge in [-0.05, 0) is 37.0 Å². The largest absolute Gasteiger partial charge is 0.458 e. The van der Waals surface area contributed by atoms with Crippen molar-refractivity contribution >= 4 is 11.8 Å². The van der Waals surface area contributed by atoms with E-state index in [2.05, 4.69) is 20.8 Å². The monoisotopic (exact) mass is 238 g/mol. The van der Waals surface area contributed by atoms with Crippen molar-refractivity contribution in [3.05, 3.63) is 0 Å². The molecule has 0 bridgehead atoms. The molecule has 0 N–H and O–H groups in total. The zero-order valence-corrected chi connectivity index (χ0v) is 11.0. The summed E-state index contributed by atoms with van der Waals surface area (Å²) in [6.07, 6.45) is 4.24. The first kappa shape index (κ1) is 12.6. The van der Waals surface area contributed by atoms with E-state index < -0.39 is 5.60 Å². The third-order valence-corrected chi connectivity index (χ3v) is 4.31. The van der Waals surface area contributed by atoms with Gasteiger partial charge in [-0.15, -0.1) is 0 Å². The van der Waals surface area contributed by atoms with Crippen LogP contribution in [0, 0.1) is 11.3 Å². The van der Waals surface area contributed by atoms with Gasteiger partial charge in [0.15, 0.2) is 0 Å². The predicted octanol–water partition coefficient (Wildman–Crippen LogP) is 2.87. The summed E-state index contributed by atoms with van der Waals surface area (Å²) in [6.45, 7) is 6.77. The van der Waals surface area contributed by atoms with Crippen LogP contribution in [0.5, 0.6) is 0 Å². The molecule has 1 spiro atoms. The topological polar surface area (TPSA) is 43.4 Å². The highest BCUT2D eigenvalue weighted by atomic mass is 16.6. The number of carbonyl (C=O) groups is 2. The van der Waals surface area contributed by atoms with Crippen molar-refractivity contribution in [3.63, 3.8) is 0 Å². The number of ether oxygens (including phenoxy) is 1. The SMILES string of the molecule is CC(C)(C)C1CCC2(CC1)CC(=O)CC(=O)O2. The van der Waals surface area contributed by atoms with Gasteiger partial charge in [-0.2, -0.15) is 0 Å². The Bertz CT molecular complexity index is 312. The molecule has 1 aliphatic carbocycles. The zero-order valence-electron chi connectivity index (χ0n) is 11.0. The Hall–Kier alpha value is -0.860. The Labute approximate surface area is 103 Å². The van der Waals surface area contributed by atoms with E-state index in [0.717, 1.165) is 25.7 Å². The van der Waals surface area contributed by atoms with Gasteiger partial charge >= 0.3 is 5.97 Å². The molecule has 0 atom stereocenters. The van der Waals surface area contributed by atoms with Crippen LogP contribution in [0.2, 0.25) is 0 Å². The molecule has 0 amide bonds. The van der Waals surface area contributed by atoms with Gasteiger partial charge in [0.25, 0.3) is 0 Å². The number of carbonyl (C=O) groups excluding carboxylic acids is 2. The number of ketones is 1. The molecule has 3 heteroatoms. The first-order chi connectivity index (χ1) is 7.81. The van der Waals surface area contributed by atoms with Crippen molar-refractivity contribution < 1.29 is 14.3 Å². The fraction of sp³-hybridized carbons (Fsp3) is 0.857. The summed E-state index contributed by atoms with van der Waals surface area (Å²) >= 11 is 0. The molecule has 2 aliphatic rings. The molecule has 0 unspecified atom stereocenters. The lowest BCUT2D eigenvalue weighted by Gasteiger charge is -2.44. The van der Waals surface area contributed by atoms with E-state index >= 15 is 0 Å². The van der Waals surface area contributed by atoms with Crippen LogP contribution in [0.1, 0.15) is 59.3 Å². The summed E-state index contributed by atoms with van der Waals surface area (Å²) in [5.41, 5.74) is -0.140. The van der Waals surface area contributed by atoms with E-state index in [-0.39, 0.29) is 18.2 Å². The quantitative estimate of drug-likeness (QED) is 0.481. The van der Waals surface area contributed by atoms with Crippen LogP contribution in [0.15, 0.2) is 0 Å². The van der Waals surface area contributed by atoms with Crippen LogP contribution in [0.4, 0.5) is 0 Å². The summed E-state index contributed by atoms with van der Waals surface area (Å²) in [5, 5.41) is 0. The summed E-state index contributed by atoms with van der Waals surface area (Å²) in [7, 11) is 0. The van der Waals surface area contributed by atoms with Crippen LogP contribution in [-0.4, -0.2) is 17.4 Å². The molecular weight excluding hydrogens is 216 g/mol. The van der Waals surface area contributed by atoms with Gasteiger partial charge in [-0.1, -0.05) is 20.8 Å². The van der Waals surface area contributed by atoms with Gasteiger partial charge in [0, 0.05) is 6.42 Å². The Morgan fingerprint density at radius 2 is 1.76 bits per heavy atom. The van der Waals surface area contributed by atoms with E-state index in [1.165, 1.54) is 0 Å². The van der Waals surface area contributed by atoms with Gasteiger partial charge in [-0.3, -0.25) is 9.59 Å². The standard InChI is InChI=1S/C14H22O3/c1-13(2,3)10-4-6-14(7-5-10)9-11(15)8-12(16)17-14/h10H,4-9H2,1-3H3. The number of Topliss-reactive ketones (excluding diaryl/α,β-unsaturated/α-hetero) is 1. The second-order valence-electron chi connectivity index (χ2n) is 6.69. The average molecular weight is 238 g/mol. The first-order valence-electron chi connectivity index (χ1n) is 6.54. The minimum absolute atomic E-state index is 0.0234. The zero-order chi connectivity index (χ0) is 12.7. The molecule has 0 aromatic heterocycles. The van der Waals surface area contributed by atoms with Gasteiger partial charge in [0.05, 0.1) is 0 Å². The van der Waals surface area contributed by atoms with Crippen molar-refractivity contribution in [3.8, 4) is 0 Å². The molecule has 0 aromatic rings. The molecule has 2 fully saturated rings. The van der Waals surface area contributed by atoms with Crippen molar-refractivity contribution in [1.82, 2.24) is 0 Å². The molecular formula is C14H22O3.